The van der Waals surface area contributed by atoms with Crippen molar-refractivity contribution < 1.29 is 18.3 Å². The van der Waals surface area contributed by atoms with Crippen molar-refractivity contribution in [3.05, 3.63) is 29.3 Å². The molecule has 0 aliphatic rings. The van der Waals surface area contributed by atoms with Crippen molar-refractivity contribution in [2.24, 2.45) is 5.92 Å². The molecule has 0 amide bonds. The molecule has 1 aromatic rings. The lowest BCUT2D eigenvalue weighted by Crippen LogP contribution is -2.26. The van der Waals surface area contributed by atoms with Gasteiger partial charge in [-0.15, -0.1) is 0 Å². The van der Waals surface area contributed by atoms with Crippen LogP contribution >= 0.6 is 0 Å². The number of hydrogen-bond donors (Lipinski definition) is 2. The number of aryl methyl sites for hydroxylation is 1. The normalized spacial score (nSPS) is 12.6. The number of sulfonamides is 1. The second kappa shape index (κ2) is 7.20. The van der Waals surface area contributed by atoms with Crippen LogP contribution in [0.15, 0.2) is 23.1 Å². The van der Waals surface area contributed by atoms with Crippen molar-refractivity contribution >= 4 is 16.0 Å². The molecule has 0 radical (unpaired) electrons. The quantitative estimate of drug-likeness (QED) is 0.744. The predicted octanol–water partition coefficient (Wildman–Crippen LogP) is 1.65. The number of nitrogens with zero attached hydrogens (tertiary/aromatic N) is 1. The van der Waals surface area contributed by atoms with Gasteiger partial charge >= 0.3 is 5.97 Å². The van der Waals surface area contributed by atoms with E-state index in [4.69, 9.17) is 10.4 Å². The molecule has 0 aliphatic heterocycles. The molecule has 0 aromatic heterocycles. The largest absolute Gasteiger partial charge is 0.481 e. The van der Waals surface area contributed by atoms with Gasteiger partial charge in [-0.25, -0.2) is 13.1 Å². The second-order valence-electron chi connectivity index (χ2n) is 4.87. The SMILES string of the molecule is Cc1cc(C#N)ccc1S(=O)(=O)NCCCC(C)C(=O)O. The van der Waals surface area contributed by atoms with Gasteiger partial charge in [-0.2, -0.15) is 5.26 Å². The monoisotopic (exact) mass is 310 g/mol. The minimum Gasteiger partial charge on any atom is -0.481 e. The number of nitrogens with one attached hydrogen (secondary N) is 1. The number of carboxylic acids is 1. The van der Waals surface area contributed by atoms with Crippen LogP contribution < -0.4 is 4.72 Å². The molecule has 0 saturated heterocycles. The third kappa shape index (κ3) is 4.85. The third-order valence-electron chi connectivity index (χ3n) is 3.12. The fraction of sp³-hybridized carbons (Fsp3) is 0.429. The molecule has 1 unspecified atom stereocenters. The highest BCUT2D eigenvalue weighted by Crippen LogP contribution is 2.16. The smallest absolute Gasteiger partial charge is 0.306 e. The summed E-state index contributed by atoms with van der Waals surface area (Å²) >= 11 is 0. The van der Waals surface area contributed by atoms with E-state index in [0.29, 0.717) is 24.0 Å². The van der Waals surface area contributed by atoms with Crippen LogP contribution in [0.1, 0.15) is 30.9 Å². The van der Waals surface area contributed by atoms with E-state index in [2.05, 4.69) is 4.72 Å². The molecule has 0 saturated carbocycles. The Morgan fingerprint density at radius 3 is 2.67 bits per heavy atom. The molecule has 2 N–H and O–H groups in total. The van der Waals surface area contributed by atoms with Crippen LogP contribution in [-0.2, 0) is 14.8 Å². The summed E-state index contributed by atoms with van der Waals surface area (Å²) in [5.74, 6) is -1.38. The van der Waals surface area contributed by atoms with Crippen molar-refractivity contribution in [2.75, 3.05) is 6.54 Å². The highest BCUT2D eigenvalue weighted by Gasteiger charge is 2.17. The van der Waals surface area contributed by atoms with Crippen molar-refractivity contribution in [1.29, 1.82) is 5.26 Å². The molecule has 0 heterocycles. The van der Waals surface area contributed by atoms with Gasteiger partial charge < -0.3 is 5.11 Å². The molecule has 1 atom stereocenters. The van der Waals surface area contributed by atoms with Crippen LogP contribution in [0.2, 0.25) is 0 Å². The first-order chi connectivity index (χ1) is 9.77. The molecule has 0 bridgehead atoms. The number of rotatable bonds is 7. The lowest BCUT2D eigenvalue weighted by Gasteiger charge is -2.10. The molecule has 0 spiro atoms. The molecule has 114 valence electrons. The number of hydrogen-bond acceptors (Lipinski definition) is 4. The van der Waals surface area contributed by atoms with Gasteiger partial charge in [-0.3, -0.25) is 4.79 Å². The zero-order valence-electron chi connectivity index (χ0n) is 12.0. The maximum absolute atomic E-state index is 12.1. The highest BCUT2D eigenvalue weighted by molar-refractivity contribution is 7.89. The molecule has 21 heavy (non-hydrogen) atoms. The van der Waals surface area contributed by atoms with E-state index in [0.717, 1.165) is 0 Å². The van der Waals surface area contributed by atoms with Gasteiger partial charge in [0.05, 0.1) is 22.4 Å². The maximum atomic E-state index is 12.1. The molecule has 7 heteroatoms. The van der Waals surface area contributed by atoms with Crippen molar-refractivity contribution in [3.8, 4) is 6.07 Å². The van der Waals surface area contributed by atoms with Gasteiger partial charge in [0.2, 0.25) is 10.0 Å². The Hall–Kier alpha value is -1.91. The summed E-state index contributed by atoms with van der Waals surface area (Å²) in [6.45, 7) is 3.39. The lowest BCUT2D eigenvalue weighted by atomic mass is 10.1. The minimum atomic E-state index is -3.64. The molecular weight excluding hydrogens is 292 g/mol. The van der Waals surface area contributed by atoms with Crippen LogP contribution in [0.5, 0.6) is 0 Å². The van der Waals surface area contributed by atoms with E-state index in [-0.39, 0.29) is 11.4 Å². The van der Waals surface area contributed by atoms with E-state index in [1.54, 1.807) is 13.8 Å². The van der Waals surface area contributed by atoms with Gasteiger partial charge in [0.15, 0.2) is 0 Å². The van der Waals surface area contributed by atoms with Crippen LogP contribution in [0.4, 0.5) is 0 Å². The summed E-state index contributed by atoms with van der Waals surface area (Å²) in [5.41, 5.74) is 0.905. The standard InChI is InChI=1S/C14H18N2O4S/c1-10(14(17)18)4-3-7-16-21(19,20)13-6-5-12(9-15)8-11(13)2/h5-6,8,10,16H,3-4,7H2,1-2H3,(H,17,18). The Kier molecular flexibility index (Phi) is 5.88. The van der Waals surface area contributed by atoms with E-state index >= 15 is 0 Å². The van der Waals surface area contributed by atoms with Gasteiger partial charge in [-0.05, 0) is 43.5 Å². The molecule has 0 fully saturated rings. The summed E-state index contributed by atoms with van der Waals surface area (Å²) in [6.07, 6.45) is 0.853. The summed E-state index contributed by atoms with van der Waals surface area (Å²) in [7, 11) is -3.64. The first kappa shape index (κ1) is 17.1. The predicted molar refractivity (Wildman–Crippen MR) is 77.1 cm³/mol. The Morgan fingerprint density at radius 2 is 2.14 bits per heavy atom. The molecule has 0 aliphatic carbocycles. The van der Waals surface area contributed by atoms with Crippen LogP contribution in [0.3, 0.4) is 0 Å². The summed E-state index contributed by atoms with van der Waals surface area (Å²) < 4.78 is 26.7. The fourth-order valence-corrected chi connectivity index (χ4v) is 3.14. The summed E-state index contributed by atoms with van der Waals surface area (Å²) in [4.78, 5) is 10.8. The topological polar surface area (TPSA) is 107 Å². The average molecular weight is 310 g/mol. The van der Waals surface area contributed by atoms with Gasteiger partial charge in [0.25, 0.3) is 0 Å². The van der Waals surface area contributed by atoms with Gasteiger partial charge in [0, 0.05) is 6.54 Å². The zero-order chi connectivity index (χ0) is 16.0. The van der Waals surface area contributed by atoms with Crippen LogP contribution in [-0.4, -0.2) is 26.0 Å². The number of carbonyl (C=O) groups is 1. The van der Waals surface area contributed by atoms with Gasteiger partial charge in [0.1, 0.15) is 0 Å². The van der Waals surface area contributed by atoms with E-state index in [1.165, 1.54) is 18.2 Å². The average Bonchev–Trinajstić information content (AvgIpc) is 2.42. The minimum absolute atomic E-state index is 0.132. The lowest BCUT2D eigenvalue weighted by molar-refractivity contribution is -0.141. The fourth-order valence-electron chi connectivity index (χ4n) is 1.84. The first-order valence-electron chi connectivity index (χ1n) is 6.51. The van der Waals surface area contributed by atoms with Crippen molar-refractivity contribution in [2.45, 2.75) is 31.6 Å². The Balaban J connectivity index is 2.66. The number of aliphatic carboxylic acids is 1. The van der Waals surface area contributed by atoms with E-state index in [1.807, 2.05) is 6.07 Å². The Labute approximate surface area is 124 Å². The summed E-state index contributed by atoms with van der Waals surface area (Å²) in [6, 6.07) is 6.32. The van der Waals surface area contributed by atoms with Crippen molar-refractivity contribution in [1.82, 2.24) is 4.72 Å². The van der Waals surface area contributed by atoms with Crippen LogP contribution in [0.25, 0.3) is 0 Å². The number of benzene rings is 1. The highest BCUT2D eigenvalue weighted by atomic mass is 32.2. The van der Waals surface area contributed by atoms with Crippen molar-refractivity contribution in [3.63, 3.8) is 0 Å². The van der Waals surface area contributed by atoms with Gasteiger partial charge in [-0.1, -0.05) is 6.92 Å². The maximum Gasteiger partial charge on any atom is 0.306 e. The Bertz CT molecular complexity index is 662. The molecular formula is C14H18N2O4S. The summed E-state index contributed by atoms with van der Waals surface area (Å²) in [5, 5.41) is 17.5. The number of nitriles is 1. The second-order valence-corrected chi connectivity index (χ2v) is 6.61. The van der Waals surface area contributed by atoms with Crippen LogP contribution in [0, 0.1) is 24.2 Å². The number of carboxylic acid groups (broad SMARTS) is 1. The first-order valence-corrected chi connectivity index (χ1v) is 7.99. The van der Waals surface area contributed by atoms with E-state index in [9.17, 15) is 13.2 Å². The molecule has 6 nitrogen and oxygen atoms in total. The third-order valence-corrected chi connectivity index (χ3v) is 4.74. The Morgan fingerprint density at radius 1 is 1.48 bits per heavy atom. The zero-order valence-corrected chi connectivity index (χ0v) is 12.8. The van der Waals surface area contributed by atoms with E-state index < -0.39 is 21.9 Å². The molecule has 1 rings (SSSR count). The molecule has 1 aromatic carbocycles.